The van der Waals surface area contributed by atoms with Gasteiger partial charge in [0, 0.05) is 56.9 Å². The minimum Gasteiger partial charge on any atom is -0.343 e. The first-order valence-electron chi connectivity index (χ1n) is 13.2. The topological polar surface area (TPSA) is 85.0 Å². The van der Waals surface area contributed by atoms with Crippen LogP contribution in [0.15, 0.2) is 48.5 Å². The second-order valence-electron chi connectivity index (χ2n) is 10.0. The maximum absolute atomic E-state index is 12.9. The summed E-state index contributed by atoms with van der Waals surface area (Å²) >= 11 is 0. The highest BCUT2D eigenvalue weighted by Crippen LogP contribution is 2.29. The third-order valence-corrected chi connectivity index (χ3v) is 7.21. The Balaban J connectivity index is 1.18. The van der Waals surface area contributed by atoms with E-state index in [0.29, 0.717) is 18.7 Å². The van der Waals surface area contributed by atoms with Gasteiger partial charge < -0.3 is 15.5 Å². The van der Waals surface area contributed by atoms with E-state index in [1.807, 2.05) is 36.1 Å². The Morgan fingerprint density at radius 2 is 1.64 bits per heavy atom. The number of amides is 3. The molecule has 1 atom stereocenters. The van der Waals surface area contributed by atoms with Gasteiger partial charge in [-0.15, -0.1) is 0 Å². The lowest BCUT2D eigenvalue weighted by molar-refractivity contribution is -0.137. The van der Waals surface area contributed by atoms with Crippen molar-refractivity contribution in [2.45, 2.75) is 32.1 Å². The average Bonchev–Trinajstić information content (AvgIpc) is 3.37. The lowest BCUT2D eigenvalue weighted by Crippen LogP contribution is -2.52. The van der Waals surface area contributed by atoms with E-state index in [9.17, 15) is 27.6 Å². The Labute approximate surface area is 226 Å². The molecule has 2 aliphatic heterocycles. The van der Waals surface area contributed by atoms with E-state index in [-0.39, 0.29) is 24.2 Å². The zero-order valence-corrected chi connectivity index (χ0v) is 22.0. The minimum absolute atomic E-state index is 0.0529. The second kappa shape index (κ2) is 12.6. The van der Waals surface area contributed by atoms with E-state index >= 15 is 0 Å². The van der Waals surface area contributed by atoms with Gasteiger partial charge in [0.1, 0.15) is 0 Å². The Bertz CT molecular complexity index is 1160. The van der Waals surface area contributed by atoms with Crippen molar-refractivity contribution in [1.82, 2.24) is 25.3 Å². The van der Waals surface area contributed by atoms with Crippen molar-refractivity contribution in [2.24, 2.45) is 0 Å². The predicted octanol–water partition coefficient (Wildman–Crippen LogP) is 2.74. The number of piperazine rings is 1. The largest absolute Gasteiger partial charge is 0.416 e. The summed E-state index contributed by atoms with van der Waals surface area (Å²) in [5.74, 6) is -1.08. The summed E-state index contributed by atoms with van der Waals surface area (Å²) in [5, 5.41) is 5.32. The number of hydrogen-bond acceptors (Lipinski definition) is 5. The Morgan fingerprint density at radius 3 is 2.33 bits per heavy atom. The molecule has 210 valence electrons. The number of nitrogens with one attached hydrogen (secondary N) is 2. The van der Waals surface area contributed by atoms with Gasteiger partial charge >= 0.3 is 6.18 Å². The van der Waals surface area contributed by atoms with E-state index in [2.05, 4.69) is 20.4 Å². The molecule has 8 nitrogen and oxygen atoms in total. The number of carbonyl (C=O) groups excluding carboxylic acids is 3. The van der Waals surface area contributed by atoms with Crippen molar-refractivity contribution in [3.8, 4) is 0 Å². The summed E-state index contributed by atoms with van der Waals surface area (Å²) in [6.07, 6.45) is -2.99. The monoisotopic (exact) mass is 545 g/mol. The van der Waals surface area contributed by atoms with Gasteiger partial charge in [-0.25, -0.2) is 0 Å². The van der Waals surface area contributed by atoms with Gasteiger partial charge in [0.2, 0.25) is 5.91 Å². The normalized spacial score (nSPS) is 18.7. The molecular formula is C28H34F3N5O3. The highest BCUT2D eigenvalue weighted by molar-refractivity contribution is 5.96. The highest BCUT2D eigenvalue weighted by Gasteiger charge is 2.31. The Hall–Kier alpha value is -3.44. The number of carbonyl (C=O) groups is 3. The molecule has 2 aliphatic rings. The summed E-state index contributed by atoms with van der Waals surface area (Å²) < 4.78 is 38.7. The van der Waals surface area contributed by atoms with E-state index in [4.69, 9.17) is 0 Å². The molecule has 2 aromatic carbocycles. The molecule has 0 radical (unpaired) electrons. The van der Waals surface area contributed by atoms with Crippen LogP contribution in [0.25, 0.3) is 0 Å². The number of rotatable bonds is 8. The zero-order chi connectivity index (χ0) is 28.0. The molecule has 2 N–H and O–H groups in total. The number of hydrogen-bond donors (Lipinski definition) is 2. The van der Waals surface area contributed by atoms with Crippen molar-refractivity contribution >= 4 is 17.7 Å². The van der Waals surface area contributed by atoms with Gasteiger partial charge in [-0.1, -0.05) is 23.8 Å². The molecule has 11 heteroatoms. The molecule has 2 aromatic rings. The minimum atomic E-state index is -4.55. The lowest BCUT2D eigenvalue weighted by Gasteiger charge is -2.36. The van der Waals surface area contributed by atoms with Gasteiger partial charge in [-0.3, -0.25) is 24.2 Å². The van der Waals surface area contributed by atoms with Crippen molar-refractivity contribution in [3.05, 3.63) is 70.8 Å². The number of nitrogens with zero attached hydrogens (tertiary/aromatic N) is 3. The second-order valence-corrected chi connectivity index (χ2v) is 10.0. The van der Waals surface area contributed by atoms with Crippen LogP contribution in [0.5, 0.6) is 0 Å². The number of halogens is 3. The number of benzene rings is 2. The Morgan fingerprint density at radius 1 is 0.923 bits per heavy atom. The van der Waals surface area contributed by atoms with E-state index in [1.165, 1.54) is 6.07 Å². The van der Waals surface area contributed by atoms with Crippen LogP contribution in [0.2, 0.25) is 0 Å². The van der Waals surface area contributed by atoms with Crippen LogP contribution in [-0.2, 0) is 11.0 Å². The smallest absolute Gasteiger partial charge is 0.343 e. The summed E-state index contributed by atoms with van der Waals surface area (Å²) in [6.45, 7) is 6.97. The number of aryl methyl sites for hydroxylation is 1. The number of alkyl halides is 3. The summed E-state index contributed by atoms with van der Waals surface area (Å²) in [4.78, 5) is 43.9. The average molecular weight is 546 g/mol. The molecule has 2 saturated heterocycles. The first-order chi connectivity index (χ1) is 18.6. The van der Waals surface area contributed by atoms with Gasteiger partial charge in [-0.05, 0) is 50.1 Å². The first kappa shape index (κ1) is 28.6. The van der Waals surface area contributed by atoms with Crippen molar-refractivity contribution < 1.29 is 27.6 Å². The predicted molar refractivity (Wildman–Crippen MR) is 140 cm³/mol. The molecule has 2 fully saturated rings. The fourth-order valence-electron chi connectivity index (χ4n) is 4.92. The maximum Gasteiger partial charge on any atom is 0.416 e. The molecule has 0 aromatic heterocycles. The van der Waals surface area contributed by atoms with Crippen LogP contribution < -0.4 is 10.6 Å². The fraction of sp³-hybridized carbons (Fsp3) is 0.464. The number of likely N-dealkylation sites (tertiary alicyclic amines) is 1. The quantitative estimate of drug-likeness (QED) is 0.533. The zero-order valence-electron chi connectivity index (χ0n) is 22.0. The summed E-state index contributed by atoms with van der Waals surface area (Å²) in [7, 11) is 0. The van der Waals surface area contributed by atoms with Gasteiger partial charge in [-0.2, -0.15) is 13.2 Å². The molecule has 4 rings (SSSR count). The molecule has 3 amide bonds. The molecule has 0 bridgehead atoms. The highest BCUT2D eigenvalue weighted by atomic mass is 19.4. The summed E-state index contributed by atoms with van der Waals surface area (Å²) in [6, 6.07) is 11.7. The third kappa shape index (κ3) is 7.79. The summed E-state index contributed by atoms with van der Waals surface area (Å²) in [5.41, 5.74) is 0.754. The van der Waals surface area contributed by atoms with Crippen molar-refractivity contribution in [2.75, 3.05) is 52.4 Å². The van der Waals surface area contributed by atoms with Crippen LogP contribution in [0.1, 0.15) is 44.7 Å². The van der Waals surface area contributed by atoms with Crippen LogP contribution in [-0.4, -0.2) is 90.9 Å². The van der Waals surface area contributed by atoms with Gasteiger partial charge in [0.25, 0.3) is 11.8 Å². The van der Waals surface area contributed by atoms with E-state index < -0.39 is 23.6 Å². The lowest BCUT2D eigenvalue weighted by atomic mass is 10.1. The van der Waals surface area contributed by atoms with E-state index in [0.717, 1.165) is 69.3 Å². The van der Waals surface area contributed by atoms with Crippen LogP contribution in [0.4, 0.5) is 13.2 Å². The SMILES string of the molecule is Cc1ccc(C(=O)N2CCN(CCN3CCCC3NC(=O)CNC(=O)c3cccc(C(F)(F)F)c3)CC2)cc1. The molecule has 39 heavy (non-hydrogen) atoms. The van der Waals surface area contributed by atoms with Crippen LogP contribution >= 0.6 is 0 Å². The van der Waals surface area contributed by atoms with E-state index in [1.54, 1.807) is 0 Å². The van der Waals surface area contributed by atoms with Crippen LogP contribution in [0, 0.1) is 6.92 Å². The Kier molecular flexibility index (Phi) is 9.24. The third-order valence-electron chi connectivity index (χ3n) is 7.21. The first-order valence-corrected chi connectivity index (χ1v) is 13.2. The van der Waals surface area contributed by atoms with Gasteiger partial charge in [0.05, 0.1) is 18.3 Å². The molecule has 0 aliphatic carbocycles. The standard InChI is InChI=1S/C28H34F3N5O3/c1-20-7-9-21(10-8-20)27(39)36-16-13-34(14-17-36)12-15-35-11-3-6-24(35)33-25(37)19-32-26(38)22-4-2-5-23(18-22)28(29,30)31/h2,4-5,7-10,18,24H,3,6,11-17,19H2,1H3,(H,32,38)(H,33,37). The molecule has 0 saturated carbocycles. The molecule has 1 unspecified atom stereocenters. The van der Waals surface area contributed by atoms with Crippen molar-refractivity contribution in [3.63, 3.8) is 0 Å². The molecule has 0 spiro atoms. The fourth-order valence-corrected chi connectivity index (χ4v) is 4.92. The maximum atomic E-state index is 12.9. The van der Waals surface area contributed by atoms with Gasteiger partial charge in [0.15, 0.2) is 0 Å². The van der Waals surface area contributed by atoms with Crippen LogP contribution in [0.3, 0.4) is 0 Å². The van der Waals surface area contributed by atoms with Crippen molar-refractivity contribution in [1.29, 1.82) is 0 Å². The molecular weight excluding hydrogens is 511 g/mol. The molecule has 2 heterocycles.